The smallest absolute Gasteiger partial charge is 0.307 e. The van der Waals surface area contributed by atoms with Gasteiger partial charge in [0, 0.05) is 12.6 Å². The van der Waals surface area contributed by atoms with E-state index in [0.29, 0.717) is 6.42 Å². The second-order valence-electron chi connectivity index (χ2n) is 4.18. The van der Waals surface area contributed by atoms with Gasteiger partial charge in [-0.05, 0) is 19.9 Å². The number of hydrogen-bond acceptors (Lipinski definition) is 2. The molecule has 0 aromatic carbocycles. The Bertz CT molecular complexity index is 225. The molecule has 0 aromatic rings. The van der Waals surface area contributed by atoms with Gasteiger partial charge in [0.25, 0.3) is 0 Å². The number of rotatable bonds is 7. The van der Waals surface area contributed by atoms with Crippen LogP contribution in [0.2, 0.25) is 0 Å². The molecule has 8 heteroatoms. The van der Waals surface area contributed by atoms with Crippen molar-refractivity contribution < 1.29 is 26.3 Å². The van der Waals surface area contributed by atoms with Crippen LogP contribution in [0.25, 0.3) is 0 Å². The Morgan fingerprint density at radius 1 is 1.06 bits per heavy atom. The Labute approximate surface area is 102 Å². The number of hydrogen-bond donors (Lipinski definition) is 1. The van der Waals surface area contributed by atoms with Gasteiger partial charge >= 0.3 is 12.4 Å². The van der Waals surface area contributed by atoms with Crippen molar-refractivity contribution in [3.8, 4) is 0 Å². The highest BCUT2D eigenvalue weighted by atomic mass is 19.4. The first-order chi connectivity index (χ1) is 8.05. The van der Waals surface area contributed by atoms with Gasteiger partial charge in [-0.15, -0.1) is 0 Å². The first-order valence-electron chi connectivity index (χ1n) is 5.63. The monoisotopic (exact) mass is 280 g/mol. The van der Waals surface area contributed by atoms with Crippen molar-refractivity contribution in [1.29, 1.82) is 0 Å². The van der Waals surface area contributed by atoms with Crippen molar-refractivity contribution in [2.75, 3.05) is 26.2 Å². The molecule has 0 bridgehead atoms. The van der Waals surface area contributed by atoms with Gasteiger partial charge in [-0.25, -0.2) is 0 Å². The third-order valence-corrected chi connectivity index (χ3v) is 2.28. The molecule has 0 heterocycles. The van der Waals surface area contributed by atoms with Gasteiger partial charge < -0.3 is 5.32 Å². The minimum Gasteiger partial charge on any atom is -0.307 e. The summed E-state index contributed by atoms with van der Waals surface area (Å²) in [5.74, 6) is 0. The second-order valence-corrected chi connectivity index (χ2v) is 4.18. The molecule has 0 rings (SSSR count). The minimum atomic E-state index is -4.35. The highest BCUT2D eigenvalue weighted by molar-refractivity contribution is 4.73. The zero-order chi connectivity index (χ0) is 14.4. The van der Waals surface area contributed by atoms with E-state index < -0.39 is 31.5 Å². The van der Waals surface area contributed by atoms with Crippen molar-refractivity contribution in [1.82, 2.24) is 10.2 Å². The normalized spacial score (nSPS) is 15.2. The molecule has 1 atom stereocenters. The van der Waals surface area contributed by atoms with Crippen LogP contribution < -0.4 is 5.32 Å². The molecule has 0 aliphatic carbocycles. The quantitative estimate of drug-likeness (QED) is 0.721. The Balaban J connectivity index is 4.18. The van der Waals surface area contributed by atoms with Gasteiger partial charge in [0.15, 0.2) is 0 Å². The molecule has 0 spiro atoms. The van der Waals surface area contributed by atoms with E-state index in [-0.39, 0.29) is 13.1 Å². The van der Waals surface area contributed by atoms with Crippen LogP contribution in [0.3, 0.4) is 0 Å². The summed E-state index contributed by atoms with van der Waals surface area (Å²) >= 11 is 0. The maximum atomic E-state index is 12.3. The number of nitrogens with one attached hydrogen (secondary N) is 1. The summed E-state index contributed by atoms with van der Waals surface area (Å²) in [5, 5.41) is 2.12. The topological polar surface area (TPSA) is 15.3 Å². The maximum absolute atomic E-state index is 12.3. The average Bonchev–Trinajstić information content (AvgIpc) is 2.12. The first kappa shape index (κ1) is 17.5. The second kappa shape index (κ2) is 7.18. The lowest BCUT2D eigenvalue weighted by molar-refractivity contribution is -0.151. The third-order valence-electron chi connectivity index (χ3n) is 2.28. The van der Waals surface area contributed by atoms with Gasteiger partial charge in [-0.2, -0.15) is 26.3 Å². The summed E-state index contributed by atoms with van der Waals surface area (Å²) in [7, 11) is 0. The highest BCUT2D eigenvalue weighted by Gasteiger charge is 2.32. The number of alkyl halides is 6. The summed E-state index contributed by atoms with van der Waals surface area (Å²) in [6.45, 7) is 0.979. The SMILES string of the molecule is CCCN(CC(F)(F)F)C(C)CNCC(F)(F)F. The van der Waals surface area contributed by atoms with Crippen LogP contribution in [0.1, 0.15) is 20.3 Å². The van der Waals surface area contributed by atoms with E-state index in [1.165, 1.54) is 6.92 Å². The molecular weight excluding hydrogens is 262 g/mol. The van der Waals surface area contributed by atoms with E-state index in [1.807, 2.05) is 0 Å². The fourth-order valence-corrected chi connectivity index (χ4v) is 1.52. The summed E-state index contributed by atoms with van der Waals surface area (Å²) in [6, 6.07) is -0.603. The summed E-state index contributed by atoms with van der Waals surface area (Å²) in [6.07, 6.45) is -8.17. The molecule has 0 fully saturated rings. The van der Waals surface area contributed by atoms with Gasteiger partial charge in [0.1, 0.15) is 0 Å². The van der Waals surface area contributed by atoms with E-state index in [9.17, 15) is 26.3 Å². The molecule has 0 radical (unpaired) electrons. The molecule has 18 heavy (non-hydrogen) atoms. The van der Waals surface area contributed by atoms with Gasteiger partial charge in [0.2, 0.25) is 0 Å². The van der Waals surface area contributed by atoms with Gasteiger partial charge in [-0.1, -0.05) is 6.92 Å². The lowest BCUT2D eigenvalue weighted by Crippen LogP contribution is -2.46. The largest absolute Gasteiger partial charge is 0.401 e. The predicted molar refractivity (Wildman–Crippen MR) is 56.3 cm³/mol. The zero-order valence-electron chi connectivity index (χ0n) is 10.3. The van der Waals surface area contributed by atoms with Crippen molar-refractivity contribution in [3.05, 3.63) is 0 Å². The van der Waals surface area contributed by atoms with Crippen molar-refractivity contribution in [2.24, 2.45) is 0 Å². The minimum absolute atomic E-state index is 0.129. The summed E-state index contributed by atoms with van der Waals surface area (Å²) in [5.41, 5.74) is 0. The molecule has 0 aliphatic heterocycles. The van der Waals surface area contributed by atoms with Crippen molar-refractivity contribution in [3.63, 3.8) is 0 Å². The number of halogens is 6. The van der Waals surface area contributed by atoms with E-state index in [2.05, 4.69) is 5.32 Å². The van der Waals surface area contributed by atoms with Crippen LogP contribution >= 0.6 is 0 Å². The lowest BCUT2D eigenvalue weighted by Gasteiger charge is -2.29. The molecule has 2 nitrogen and oxygen atoms in total. The molecule has 0 saturated heterocycles. The fourth-order valence-electron chi connectivity index (χ4n) is 1.52. The average molecular weight is 280 g/mol. The van der Waals surface area contributed by atoms with Crippen LogP contribution in [0.5, 0.6) is 0 Å². The van der Waals surface area contributed by atoms with Crippen LogP contribution in [-0.2, 0) is 0 Å². The molecule has 0 saturated carbocycles. The molecule has 0 amide bonds. The molecule has 0 aliphatic rings. The Kier molecular flexibility index (Phi) is 6.98. The van der Waals surface area contributed by atoms with E-state index in [0.717, 1.165) is 4.90 Å². The van der Waals surface area contributed by atoms with E-state index >= 15 is 0 Å². The first-order valence-corrected chi connectivity index (χ1v) is 5.63. The maximum Gasteiger partial charge on any atom is 0.401 e. The Morgan fingerprint density at radius 2 is 1.61 bits per heavy atom. The predicted octanol–water partition coefficient (Wildman–Crippen LogP) is 2.80. The summed E-state index contributed by atoms with van der Waals surface area (Å²) < 4.78 is 72.4. The summed E-state index contributed by atoms with van der Waals surface area (Å²) in [4.78, 5) is 1.13. The van der Waals surface area contributed by atoms with E-state index in [1.54, 1.807) is 6.92 Å². The zero-order valence-corrected chi connectivity index (χ0v) is 10.3. The molecule has 1 unspecified atom stereocenters. The number of nitrogens with zero attached hydrogens (tertiary/aromatic N) is 1. The van der Waals surface area contributed by atoms with Gasteiger partial charge in [-0.3, -0.25) is 4.90 Å². The van der Waals surface area contributed by atoms with E-state index in [4.69, 9.17) is 0 Å². The van der Waals surface area contributed by atoms with Crippen LogP contribution in [0, 0.1) is 0 Å². The van der Waals surface area contributed by atoms with Crippen molar-refractivity contribution in [2.45, 2.75) is 38.7 Å². The lowest BCUT2D eigenvalue weighted by atomic mass is 10.2. The van der Waals surface area contributed by atoms with Gasteiger partial charge in [0.05, 0.1) is 13.1 Å². The van der Waals surface area contributed by atoms with Crippen LogP contribution in [0.4, 0.5) is 26.3 Å². The molecular formula is C10H18F6N2. The Hall–Kier alpha value is -0.500. The fraction of sp³-hybridized carbons (Fsp3) is 1.00. The van der Waals surface area contributed by atoms with Crippen molar-refractivity contribution >= 4 is 0 Å². The third kappa shape index (κ3) is 9.52. The molecule has 1 N–H and O–H groups in total. The molecule has 0 aromatic heterocycles. The Morgan fingerprint density at radius 3 is 2.00 bits per heavy atom. The molecule has 110 valence electrons. The highest BCUT2D eigenvalue weighted by Crippen LogP contribution is 2.18. The standard InChI is InChI=1S/C10H18F6N2/c1-3-4-18(7-10(14,15)16)8(2)5-17-6-9(11,12)13/h8,17H,3-7H2,1-2H3. The van der Waals surface area contributed by atoms with Crippen LogP contribution in [-0.4, -0.2) is 49.5 Å². The van der Waals surface area contributed by atoms with Crippen LogP contribution in [0.15, 0.2) is 0 Å².